The van der Waals surface area contributed by atoms with Gasteiger partial charge in [-0.2, -0.15) is 0 Å². The molecule has 0 spiro atoms. The second-order valence-corrected chi connectivity index (χ2v) is 4.55. The number of fused-ring (bicyclic) bond motifs is 1. The van der Waals surface area contributed by atoms with Crippen LogP contribution in [0.1, 0.15) is 41.4 Å². The van der Waals surface area contributed by atoms with Crippen LogP contribution in [0.25, 0.3) is 11.0 Å². The number of carbonyl (C=O) groups is 1. The number of aryl methyl sites for hydroxylation is 1. The molecule has 3 N–H and O–H groups in total. The van der Waals surface area contributed by atoms with Crippen LogP contribution in [-0.2, 0) is 0 Å². The summed E-state index contributed by atoms with van der Waals surface area (Å²) in [5.74, 6) is -0.519. The van der Waals surface area contributed by atoms with E-state index in [1.165, 1.54) is 0 Å². The minimum Gasteiger partial charge on any atom is -0.478 e. The highest BCUT2D eigenvalue weighted by atomic mass is 16.4. The summed E-state index contributed by atoms with van der Waals surface area (Å²) in [7, 11) is 0. The number of hydrogen-bond acceptors (Lipinski definition) is 4. The molecular weight excluding hydrogens is 230 g/mol. The van der Waals surface area contributed by atoms with Gasteiger partial charge in [-0.05, 0) is 30.5 Å². The van der Waals surface area contributed by atoms with Gasteiger partial charge < -0.3 is 10.8 Å². The number of nitrogens with zero attached hydrogens (tertiary/aromatic N) is 2. The zero-order valence-corrected chi connectivity index (χ0v) is 10.6. The quantitative estimate of drug-likeness (QED) is 0.847. The Bertz CT molecular complexity index is 636. The Morgan fingerprint density at radius 1 is 1.33 bits per heavy atom. The molecule has 0 fully saturated rings. The number of carboxylic acid groups (broad SMARTS) is 1. The highest BCUT2D eigenvalue weighted by Gasteiger charge is 2.18. The summed E-state index contributed by atoms with van der Waals surface area (Å²) in [6, 6.07) is 3.21. The number of nitrogen functional groups attached to an aromatic ring is 1. The lowest BCUT2D eigenvalue weighted by Gasteiger charge is -2.13. The van der Waals surface area contributed by atoms with Crippen molar-refractivity contribution in [2.75, 3.05) is 5.73 Å². The van der Waals surface area contributed by atoms with Crippen LogP contribution in [0.5, 0.6) is 0 Å². The number of aromatic carboxylic acids is 1. The van der Waals surface area contributed by atoms with Gasteiger partial charge in [0.25, 0.3) is 0 Å². The summed E-state index contributed by atoms with van der Waals surface area (Å²) in [5.41, 5.74) is 8.57. The van der Waals surface area contributed by atoms with Gasteiger partial charge in [0.05, 0.1) is 22.3 Å². The maximum absolute atomic E-state index is 11.2. The first-order valence-corrected chi connectivity index (χ1v) is 5.71. The fourth-order valence-electron chi connectivity index (χ4n) is 2.01. The summed E-state index contributed by atoms with van der Waals surface area (Å²) in [5, 5.41) is 9.23. The zero-order valence-electron chi connectivity index (χ0n) is 10.6. The Kier molecular flexibility index (Phi) is 2.90. The van der Waals surface area contributed by atoms with Crippen LogP contribution in [0.4, 0.5) is 5.82 Å². The lowest BCUT2D eigenvalue weighted by atomic mass is 9.95. The van der Waals surface area contributed by atoms with Crippen molar-refractivity contribution < 1.29 is 9.90 Å². The van der Waals surface area contributed by atoms with Gasteiger partial charge in [-0.1, -0.05) is 13.8 Å². The number of anilines is 1. The van der Waals surface area contributed by atoms with E-state index in [1.807, 2.05) is 13.8 Å². The van der Waals surface area contributed by atoms with Crippen LogP contribution in [0, 0.1) is 6.92 Å². The summed E-state index contributed by atoms with van der Waals surface area (Å²) in [6.07, 6.45) is 0. The number of nitrogens with two attached hydrogens (primary N) is 1. The molecule has 0 amide bonds. The lowest BCUT2D eigenvalue weighted by Crippen LogP contribution is -2.07. The molecule has 1 heterocycles. The van der Waals surface area contributed by atoms with Gasteiger partial charge in [-0.25, -0.2) is 14.8 Å². The first-order chi connectivity index (χ1) is 8.41. The van der Waals surface area contributed by atoms with E-state index in [9.17, 15) is 9.90 Å². The molecule has 1 aromatic heterocycles. The monoisotopic (exact) mass is 245 g/mol. The lowest BCUT2D eigenvalue weighted by molar-refractivity contribution is 0.0695. The molecule has 0 atom stereocenters. The molecule has 0 aliphatic carbocycles. The van der Waals surface area contributed by atoms with Crippen molar-refractivity contribution in [3.8, 4) is 0 Å². The van der Waals surface area contributed by atoms with Crippen molar-refractivity contribution in [2.24, 2.45) is 0 Å². The van der Waals surface area contributed by atoms with Crippen molar-refractivity contribution >= 4 is 22.8 Å². The first kappa shape index (κ1) is 12.3. The predicted molar refractivity (Wildman–Crippen MR) is 69.7 cm³/mol. The Labute approximate surface area is 105 Å². The number of carboxylic acids is 1. The van der Waals surface area contributed by atoms with Crippen LogP contribution in [-0.4, -0.2) is 21.0 Å². The molecule has 0 bridgehead atoms. The summed E-state index contributed by atoms with van der Waals surface area (Å²) < 4.78 is 0. The van der Waals surface area contributed by atoms with Gasteiger partial charge in [0.2, 0.25) is 0 Å². The standard InChI is InChI=1S/C13H15N3O2/c1-6(2)10-8(13(17)18)4-5-9-11(10)15-7(3)12(14)16-9/h4-6H,1-3H3,(H2,14,16)(H,17,18). The van der Waals surface area contributed by atoms with E-state index in [1.54, 1.807) is 19.1 Å². The third-order valence-corrected chi connectivity index (χ3v) is 2.89. The first-order valence-electron chi connectivity index (χ1n) is 5.71. The van der Waals surface area contributed by atoms with Crippen LogP contribution >= 0.6 is 0 Å². The van der Waals surface area contributed by atoms with E-state index in [0.717, 1.165) is 0 Å². The molecule has 0 aliphatic heterocycles. The second-order valence-electron chi connectivity index (χ2n) is 4.55. The Balaban J connectivity index is 2.89. The maximum Gasteiger partial charge on any atom is 0.336 e. The molecule has 5 nitrogen and oxygen atoms in total. The van der Waals surface area contributed by atoms with Crippen LogP contribution in [0.15, 0.2) is 12.1 Å². The molecule has 94 valence electrons. The topological polar surface area (TPSA) is 89.1 Å². The molecule has 1 aromatic carbocycles. The molecule has 5 heteroatoms. The number of aromatic nitrogens is 2. The highest BCUT2D eigenvalue weighted by molar-refractivity contribution is 5.96. The second kappa shape index (κ2) is 4.25. The number of rotatable bonds is 2. The van der Waals surface area contributed by atoms with Crippen molar-refractivity contribution in [1.29, 1.82) is 0 Å². The molecule has 0 radical (unpaired) electrons. The number of hydrogen-bond donors (Lipinski definition) is 2. The molecule has 0 saturated carbocycles. The highest BCUT2D eigenvalue weighted by Crippen LogP contribution is 2.28. The SMILES string of the molecule is Cc1nc2c(C(C)C)c(C(=O)O)ccc2nc1N. The van der Waals surface area contributed by atoms with E-state index in [2.05, 4.69) is 9.97 Å². The van der Waals surface area contributed by atoms with Gasteiger partial charge in [0.15, 0.2) is 0 Å². The average molecular weight is 245 g/mol. The molecule has 0 aliphatic rings. The smallest absolute Gasteiger partial charge is 0.336 e. The largest absolute Gasteiger partial charge is 0.478 e. The van der Waals surface area contributed by atoms with Crippen LogP contribution in [0.2, 0.25) is 0 Å². The van der Waals surface area contributed by atoms with Crippen molar-refractivity contribution in [3.05, 3.63) is 29.0 Å². The average Bonchev–Trinajstić information content (AvgIpc) is 2.28. The Morgan fingerprint density at radius 3 is 2.56 bits per heavy atom. The third-order valence-electron chi connectivity index (χ3n) is 2.89. The fraction of sp³-hybridized carbons (Fsp3) is 0.308. The van der Waals surface area contributed by atoms with Crippen LogP contribution in [0.3, 0.4) is 0 Å². The zero-order chi connectivity index (χ0) is 13.4. The third kappa shape index (κ3) is 1.88. The normalized spacial score (nSPS) is 11.1. The Morgan fingerprint density at radius 2 is 2.00 bits per heavy atom. The molecule has 18 heavy (non-hydrogen) atoms. The van der Waals surface area contributed by atoms with Gasteiger partial charge in [0, 0.05) is 0 Å². The van der Waals surface area contributed by atoms with Crippen LogP contribution < -0.4 is 5.73 Å². The minimum atomic E-state index is -0.947. The van der Waals surface area contributed by atoms with E-state index in [4.69, 9.17) is 5.73 Å². The van der Waals surface area contributed by atoms with Crippen molar-refractivity contribution in [1.82, 2.24) is 9.97 Å². The summed E-state index contributed by atoms with van der Waals surface area (Å²) in [4.78, 5) is 19.9. The van der Waals surface area contributed by atoms with E-state index >= 15 is 0 Å². The van der Waals surface area contributed by atoms with E-state index in [0.29, 0.717) is 28.1 Å². The predicted octanol–water partition coefficient (Wildman–Crippen LogP) is 2.34. The van der Waals surface area contributed by atoms with Gasteiger partial charge >= 0.3 is 5.97 Å². The Hall–Kier alpha value is -2.17. The fourth-order valence-corrected chi connectivity index (χ4v) is 2.01. The molecule has 0 saturated heterocycles. The van der Waals surface area contributed by atoms with E-state index in [-0.39, 0.29) is 11.5 Å². The van der Waals surface area contributed by atoms with Crippen molar-refractivity contribution in [2.45, 2.75) is 26.7 Å². The van der Waals surface area contributed by atoms with E-state index < -0.39 is 5.97 Å². The van der Waals surface area contributed by atoms with Gasteiger partial charge in [-0.3, -0.25) is 0 Å². The number of benzene rings is 1. The van der Waals surface area contributed by atoms with Gasteiger partial charge in [-0.15, -0.1) is 0 Å². The summed E-state index contributed by atoms with van der Waals surface area (Å²) >= 11 is 0. The van der Waals surface area contributed by atoms with Crippen molar-refractivity contribution in [3.63, 3.8) is 0 Å². The molecular formula is C13H15N3O2. The molecule has 2 rings (SSSR count). The minimum absolute atomic E-state index is 0.0529. The maximum atomic E-state index is 11.2. The molecule has 2 aromatic rings. The van der Waals surface area contributed by atoms with Gasteiger partial charge in [0.1, 0.15) is 5.82 Å². The molecule has 0 unspecified atom stereocenters. The summed E-state index contributed by atoms with van der Waals surface area (Å²) in [6.45, 7) is 5.64.